The number of rotatable bonds is 6. The third-order valence-corrected chi connectivity index (χ3v) is 2.60. The van der Waals surface area contributed by atoms with Crippen molar-refractivity contribution in [1.29, 1.82) is 0 Å². The van der Waals surface area contributed by atoms with Crippen LogP contribution in [-0.4, -0.2) is 17.0 Å². The molecule has 0 fully saturated rings. The summed E-state index contributed by atoms with van der Waals surface area (Å²) in [5.41, 5.74) is 0.702. The maximum atomic E-state index is 11.7. The molecule has 0 saturated heterocycles. The Bertz CT molecular complexity index is 412. The predicted octanol–water partition coefficient (Wildman–Crippen LogP) is 2.44. The normalized spacial score (nSPS) is 10.1. The molecular formula is C14H18O4. The second-order valence-electron chi connectivity index (χ2n) is 4.03. The van der Waals surface area contributed by atoms with Crippen LogP contribution in [0.4, 0.5) is 0 Å². The molecule has 0 aliphatic rings. The van der Waals surface area contributed by atoms with Crippen LogP contribution in [0.2, 0.25) is 0 Å². The minimum atomic E-state index is -0.693. The van der Waals surface area contributed by atoms with E-state index >= 15 is 0 Å². The molecule has 0 spiro atoms. The van der Waals surface area contributed by atoms with Crippen LogP contribution in [0, 0.1) is 0 Å². The number of aliphatic hydroxyl groups is 1. The average Bonchev–Trinajstić information content (AvgIpc) is 2.39. The van der Waals surface area contributed by atoms with Crippen LogP contribution in [0.15, 0.2) is 24.3 Å². The third kappa shape index (κ3) is 4.30. The fraction of sp³-hybridized carbons (Fsp3) is 0.429. The lowest BCUT2D eigenvalue weighted by atomic mass is 10.1. The van der Waals surface area contributed by atoms with Gasteiger partial charge in [-0.25, -0.2) is 4.79 Å². The third-order valence-electron chi connectivity index (χ3n) is 2.60. The van der Waals surface area contributed by atoms with Crippen molar-refractivity contribution in [3.8, 4) is 0 Å². The SMILES string of the molecule is CCCCCC(=O)OC(=O)c1ccccc1CO. The molecule has 4 heteroatoms. The molecule has 0 heterocycles. The zero-order chi connectivity index (χ0) is 13.4. The van der Waals surface area contributed by atoms with E-state index in [1.165, 1.54) is 6.07 Å². The van der Waals surface area contributed by atoms with Crippen molar-refractivity contribution in [2.24, 2.45) is 0 Å². The molecule has 4 nitrogen and oxygen atoms in total. The van der Waals surface area contributed by atoms with Gasteiger partial charge in [0.05, 0.1) is 12.2 Å². The van der Waals surface area contributed by atoms with Crippen molar-refractivity contribution >= 4 is 11.9 Å². The van der Waals surface area contributed by atoms with Gasteiger partial charge in [0, 0.05) is 6.42 Å². The molecule has 0 aliphatic heterocycles. The van der Waals surface area contributed by atoms with Gasteiger partial charge in [0.2, 0.25) is 0 Å². The number of esters is 2. The molecule has 0 saturated carbocycles. The summed E-state index contributed by atoms with van der Waals surface area (Å²) in [5, 5.41) is 9.08. The van der Waals surface area contributed by atoms with Gasteiger partial charge in [0.1, 0.15) is 0 Å². The second-order valence-corrected chi connectivity index (χ2v) is 4.03. The van der Waals surface area contributed by atoms with E-state index in [1.54, 1.807) is 18.2 Å². The minimum absolute atomic E-state index is 0.240. The zero-order valence-electron chi connectivity index (χ0n) is 10.5. The van der Waals surface area contributed by atoms with Gasteiger partial charge >= 0.3 is 11.9 Å². The largest absolute Gasteiger partial charge is 0.392 e. The monoisotopic (exact) mass is 250 g/mol. The van der Waals surface area contributed by atoms with Crippen LogP contribution >= 0.6 is 0 Å². The maximum Gasteiger partial charge on any atom is 0.346 e. The smallest absolute Gasteiger partial charge is 0.346 e. The van der Waals surface area contributed by atoms with E-state index in [9.17, 15) is 9.59 Å². The predicted molar refractivity (Wildman–Crippen MR) is 66.9 cm³/mol. The number of carbonyl (C=O) groups is 2. The van der Waals surface area contributed by atoms with Crippen LogP contribution in [0.1, 0.15) is 48.5 Å². The van der Waals surface area contributed by atoms with E-state index in [-0.39, 0.29) is 18.6 Å². The summed E-state index contributed by atoms with van der Waals surface area (Å²) in [6.45, 7) is 1.78. The van der Waals surface area contributed by atoms with E-state index in [1.807, 2.05) is 6.92 Å². The zero-order valence-corrected chi connectivity index (χ0v) is 10.5. The number of hydrogen-bond acceptors (Lipinski definition) is 4. The van der Waals surface area contributed by atoms with Gasteiger partial charge in [0.15, 0.2) is 0 Å². The molecule has 0 amide bonds. The lowest BCUT2D eigenvalue weighted by molar-refractivity contribution is -0.138. The molecule has 0 aliphatic carbocycles. The number of hydrogen-bond donors (Lipinski definition) is 1. The molecule has 0 radical (unpaired) electrons. The Kier molecular flexibility index (Phi) is 6.08. The Morgan fingerprint density at radius 2 is 1.94 bits per heavy atom. The van der Waals surface area contributed by atoms with Gasteiger partial charge in [-0.1, -0.05) is 38.0 Å². The molecular weight excluding hydrogens is 232 g/mol. The summed E-state index contributed by atoms with van der Waals surface area (Å²) in [6, 6.07) is 6.54. The minimum Gasteiger partial charge on any atom is -0.392 e. The van der Waals surface area contributed by atoms with Gasteiger partial charge in [-0.05, 0) is 18.1 Å². The second kappa shape index (κ2) is 7.61. The van der Waals surface area contributed by atoms with Crippen LogP contribution in [-0.2, 0) is 16.1 Å². The summed E-state index contributed by atoms with van der Waals surface area (Å²) < 4.78 is 4.74. The summed E-state index contributed by atoms with van der Waals surface area (Å²) in [5.74, 6) is -1.21. The Balaban J connectivity index is 2.57. The van der Waals surface area contributed by atoms with Crippen molar-refractivity contribution in [2.75, 3.05) is 0 Å². The number of ether oxygens (including phenoxy) is 1. The topological polar surface area (TPSA) is 63.6 Å². The highest BCUT2D eigenvalue weighted by Crippen LogP contribution is 2.11. The molecule has 1 aromatic rings. The highest BCUT2D eigenvalue weighted by molar-refractivity contribution is 5.97. The van der Waals surface area contributed by atoms with E-state index in [4.69, 9.17) is 9.84 Å². The van der Waals surface area contributed by atoms with Crippen molar-refractivity contribution in [1.82, 2.24) is 0 Å². The molecule has 1 aromatic carbocycles. The first-order valence-corrected chi connectivity index (χ1v) is 6.12. The lowest BCUT2D eigenvalue weighted by Crippen LogP contribution is -2.14. The average molecular weight is 250 g/mol. The van der Waals surface area contributed by atoms with Crippen LogP contribution in [0.5, 0.6) is 0 Å². The van der Waals surface area contributed by atoms with Crippen LogP contribution in [0.3, 0.4) is 0 Å². The quantitative estimate of drug-likeness (QED) is 0.478. The van der Waals surface area contributed by atoms with Crippen LogP contribution < -0.4 is 0 Å². The Hall–Kier alpha value is -1.68. The van der Waals surface area contributed by atoms with E-state index in [0.717, 1.165) is 19.3 Å². The van der Waals surface area contributed by atoms with E-state index in [2.05, 4.69) is 0 Å². The van der Waals surface area contributed by atoms with Gasteiger partial charge < -0.3 is 9.84 Å². The standard InChI is InChI=1S/C14H18O4/c1-2-3-4-9-13(16)18-14(17)12-8-6-5-7-11(12)10-15/h5-8,15H,2-4,9-10H2,1H3. The Labute approximate surface area is 107 Å². The first kappa shape index (κ1) is 14.4. The molecule has 98 valence electrons. The summed E-state index contributed by atoms with van der Waals surface area (Å²) >= 11 is 0. The van der Waals surface area contributed by atoms with Crippen molar-refractivity contribution in [3.63, 3.8) is 0 Å². The van der Waals surface area contributed by atoms with Gasteiger partial charge in [-0.15, -0.1) is 0 Å². The fourth-order valence-electron chi connectivity index (χ4n) is 1.59. The summed E-state index contributed by atoms with van der Waals surface area (Å²) in [7, 11) is 0. The van der Waals surface area contributed by atoms with Gasteiger partial charge in [0.25, 0.3) is 0 Å². The number of benzene rings is 1. The summed E-state index contributed by atoms with van der Waals surface area (Å²) in [4.78, 5) is 23.1. The van der Waals surface area contributed by atoms with E-state index in [0.29, 0.717) is 5.56 Å². The molecule has 18 heavy (non-hydrogen) atoms. The lowest BCUT2D eigenvalue weighted by Gasteiger charge is -2.06. The maximum absolute atomic E-state index is 11.7. The fourth-order valence-corrected chi connectivity index (χ4v) is 1.59. The van der Waals surface area contributed by atoms with E-state index < -0.39 is 11.9 Å². The number of aliphatic hydroxyl groups excluding tert-OH is 1. The highest BCUT2D eigenvalue weighted by atomic mass is 16.6. The van der Waals surface area contributed by atoms with Gasteiger partial charge in [-0.3, -0.25) is 4.79 Å². The molecule has 1 rings (SSSR count). The molecule has 0 atom stereocenters. The molecule has 0 aromatic heterocycles. The summed E-state index contributed by atoms with van der Waals surface area (Å²) in [6.07, 6.45) is 2.93. The number of unbranched alkanes of at least 4 members (excludes halogenated alkanes) is 2. The first-order valence-electron chi connectivity index (χ1n) is 6.12. The highest BCUT2D eigenvalue weighted by Gasteiger charge is 2.15. The van der Waals surface area contributed by atoms with Gasteiger partial charge in [-0.2, -0.15) is 0 Å². The molecule has 0 unspecified atom stereocenters. The molecule has 1 N–H and O–H groups in total. The number of carbonyl (C=O) groups excluding carboxylic acids is 2. The Morgan fingerprint density at radius 1 is 1.22 bits per heavy atom. The van der Waals surface area contributed by atoms with Crippen LogP contribution in [0.25, 0.3) is 0 Å². The van der Waals surface area contributed by atoms with Crippen molar-refractivity contribution in [3.05, 3.63) is 35.4 Å². The molecule has 0 bridgehead atoms. The van der Waals surface area contributed by atoms with Crippen molar-refractivity contribution in [2.45, 2.75) is 39.2 Å². The van der Waals surface area contributed by atoms with Crippen molar-refractivity contribution < 1.29 is 19.4 Å². The first-order chi connectivity index (χ1) is 8.69. The Morgan fingerprint density at radius 3 is 2.61 bits per heavy atom.